The van der Waals surface area contributed by atoms with E-state index in [2.05, 4.69) is 10.0 Å². The van der Waals surface area contributed by atoms with Crippen molar-refractivity contribution in [3.05, 3.63) is 59.7 Å². The van der Waals surface area contributed by atoms with Crippen LogP contribution in [0.3, 0.4) is 0 Å². The van der Waals surface area contributed by atoms with Gasteiger partial charge in [0.05, 0.1) is 4.90 Å². The van der Waals surface area contributed by atoms with Crippen LogP contribution in [0.1, 0.15) is 47.4 Å². The molecule has 1 saturated carbocycles. The van der Waals surface area contributed by atoms with E-state index in [1.165, 1.54) is 18.2 Å². The monoisotopic (exact) mass is 415 g/mol. The van der Waals surface area contributed by atoms with Gasteiger partial charge in [-0.25, -0.2) is 13.1 Å². The van der Waals surface area contributed by atoms with Crippen LogP contribution in [-0.2, 0) is 10.0 Å². The Labute approximate surface area is 171 Å². The molecule has 1 fully saturated rings. The third-order valence-electron chi connectivity index (χ3n) is 4.72. The van der Waals surface area contributed by atoms with Gasteiger partial charge < -0.3 is 10.2 Å². The highest BCUT2D eigenvalue weighted by atomic mass is 32.2. The number of hydrogen-bond donors (Lipinski definition) is 2. The van der Waals surface area contributed by atoms with Crippen LogP contribution in [0, 0.1) is 0 Å². The second-order valence-electron chi connectivity index (χ2n) is 6.94. The number of benzene rings is 2. The number of anilines is 1. The Balaban J connectivity index is 1.76. The lowest BCUT2D eigenvalue weighted by Crippen LogP contribution is -2.30. The Morgan fingerprint density at radius 1 is 1.00 bits per heavy atom. The predicted molar refractivity (Wildman–Crippen MR) is 111 cm³/mol. The highest BCUT2D eigenvalue weighted by Gasteiger charge is 2.28. The molecular weight excluding hydrogens is 390 g/mol. The van der Waals surface area contributed by atoms with Gasteiger partial charge in [-0.1, -0.05) is 12.1 Å². The highest BCUT2D eigenvalue weighted by Crippen LogP contribution is 2.23. The third kappa shape index (κ3) is 5.21. The molecule has 3 rings (SSSR count). The van der Waals surface area contributed by atoms with Crippen LogP contribution in [0.25, 0.3) is 0 Å². The van der Waals surface area contributed by atoms with Gasteiger partial charge in [-0.05, 0) is 63.1 Å². The van der Waals surface area contributed by atoms with Gasteiger partial charge >= 0.3 is 0 Å². The van der Waals surface area contributed by atoms with Crippen molar-refractivity contribution >= 4 is 27.5 Å². The van der Waals surface area contributed by atoms with Crippen LogP contribution in [0.4, 0.5) is 5.69 Å². The number of hydrogen-bond acceptors (Lipinski definition) is 4. The lowest BCUT2D eigenvalue weighted by Gasteiger charge is -2.19. The summed E-state index contributed by atoms with van der Waals surface area (Å²) in [6, 6.07) is 12.6. The van der Waals surface area contributed by atoms with Crippen molar-refractivity contribution < 1.29 is 18.0 Å². The Kier molecular flexibility index (Phi) is 6.34. The highest BCUT2D eigenvalue weighted by molar-refractivity contribution is 7.89. The fraction of sp³-hybridized carbons (Fsp3) is 0.333. The molecule has 2 amide bonds. The number of nitrogens with one attached hydrogen (secondary N) is 2. The topological polar surface area (TPSA) is 95.6 Å². The molecule has 0 heterocycles. The molecule has 2 aromatic rings. The van der Waals surface area contributed by atoms with Crippen LogP contribution >= 0.6 is 0 Å². The molecule has 0 bridgehead atoms. The first-order valence-electron chi connectivity index (χ1n) is 9.67. The number of nitrogens with zero attached hydrogens (tertiary/aromatic N) is 1. The largest absolute Gasteiger partial charge is 0.339 e. The zero-order valence-electron chi connectivity index (χ0n) is 16.5. The van der Waals surface area contributed by atoms with Gasteiger partial charge in [0, 0.05) is 35.9 Å². The summed E-state index contributed by atoms with van der Waals surface area (Å²) in [6.45, 7) is 5.02. The SMILES string of the molecule is CCN(CC)C(=O)c1cccc(NC(=O)c2cccc(S(=O)(=O)NC3CC3)c2)c1. The minimum absolute atomic E-state index is 0.0106. The van der Waals surface area contributed by atoms with E-state index in [1.807, 2.05) is 13.8 Å². The van der Waals surface area contributed by atoms with Crippen molar-refractivity contribution in [2.45, 2.75) is 37.6 Å². The van der Waals surface area contributed by atoms with Crippen molar-refractivity contribution in [3.63, 3.8) is 0 Å². The van der Waals surface area contributed by atoms with E-state index in [-0.39, 0.29) is 22.4 Å². The smallest absolute Gasteiger partial charge is 0.255 e. The number of carbonyl (C=O) groups excluding carboxylic acids is 2. The third-order valence-corrected chi connectivity index (χ3v) is 6.24. The Morgan fingerprint density at radius 2 is 1.66 bits per heavy atom. The van der Waals surface area contributed by atoms with Crippen molar-refractivity contribution in [3.8, 4) is 0 Å². The fourth-order valence-electron chi connectivity index (χ4n) is 2.92. The van der Waals surface area contributed by atoms with Crippen molar-refractivity contribution in [2.75, 3.05) is 18.4 Å². The molecule has 0 aromatic heterocycles. The van der Waals surface area contributed by atoms with Crippen LogP contribution in [0.5, 0.6) is 0 Å². The van der Waals surface area contributed by atoms with Crippen molar-refractivity contribution in [1.82, 2.24) is 9.62 Å². The van der Waals surface area contributed by atoms with Crippen LogP contribution in [0.2, 0.25) is 0 Å². The molecule has 0 spiro atoms. The second-order valence-corrected chi connectivity index (χ2v) is 8.65. The summed E-state index contributed by atoms with van der Waals surface area (Å²) < 4.78 is 27.3. The Morgan fingerprint density at radius 3 is 2.31 bits per heavy atom. The maximum Gasteiger partial charge on any atom is 0.255 e. The quantitative estimate of drug-likeness (QED) is 0.693. The van der Waals surface area contributed by atoms with Gasteiger partial charge in [-0.15, -0.1) is 0 Å². The van der Waals surface area contributed by atoms with E-state index < -0.39 is 15.9 Å². The van der Waals surface area contributed by atoms with Gasteiger partial charge in [0.15, 0.2) is 0 Å². The maximum atomic E-state index is 12.6. The molecule has 0 radical (unpaired) electrons. The molecule has 0 aliphatic heterocycles. The summed E-state index contributed by atoms with van der Waals surface area (Å²) in [6.07, 6.45) is 1.67. The first-order valence-corrected chi connectivity index (χ1v) is 11.2. The van der Waals surface area contributed by atoms with Gasteiger partial charge in [0.1, 0.15) is 0 Å². The number of sulfonamides is 1. The zero-order chi connectivity index (χ0) is 21.0. The molecule has 0 unspecified atom stereocenters. The van der Waals surface area contributed by atoms with Crippen molar-refractivity contribution in [1.29, 1.82) is 0 Å². The first kappa shape index (κ1) is 21.0. The minimum Gasteiger partial charge on any atom is -0.339 e. The second kappa shape index (κ2) is 8.75. The molecule has 0 atom stereocenters. The summed E-state index contributed by atoms with van der Waals surface area (Å²) >= 11 is 0. The molecule has 29 heavy (non-hydrogen) atoms. The van der Waals surface area contributed by atoms with E-state index in [4.69, 9.17) is 0 Å². The minimum atomic E-state index is -3.64. The molecule has 1 aliphatic carbocycles. The van der Waals surface area contributed by atoms with Gasteiger partial charge in [-0.2, -0.15) is 0 Å². The molecule has 7 nitrogen and oxygen atoms in total. The zero-order valence-corrected chi connectivity index (χ0v) is 17.3. The van der Waals surface area contributed by atoms with E-state index >= 15 is 0 Å². The van der Waals surface area contributed by atoms with Crippen molar-refractivity contribution in [2.24, 2.45) is 0 Å². The molecule has 154 valence electrons. The predicted octanol–water partition coefficient (Wildman–Crippen LogP) is 2.86. The van der Waals surface area contributed by atoms with Crippen LogP contribution < -0.4 is 10.0 Å². The normalized spacial score (nSPS) is 13.7. The standard InChI is InChI=1S/C21H25N3O4S/c1-3-24(4-2)21(26)16-8-5-9-18(13-16)22-20(25)15-7-6-10-19(14-15)29(27,28)23-17-11-12-17/h5-10,13-14,17,23H,3-4,11-12H2,1-2H3,(H,22,25). The maximum absolute atomic E-state index is 12.6. The summed E-state index contributed by atoms with van der Waals surface area (Å²) in [7, 11) is -3.64. The van der Waals surface area contributed by atoms with E-state index in [1.54, 1.807) is 35.2 Å². The fourth-order valence-corrected chi connectivity index (χ4v) is 4.27. The lowest BCUT2D eigenvalue weighted by molar-refractivity contribution is 0.0772. The molecule has 1 aliphatic rings. The van der Waals surface area contributed by atoms with E-state index in [9.17, 15) is 18.0 Å². The number of amides is 2. The van der Waals surface area contributed by atoms with Crippen LogP contribution in [0.15, 0.2) is 53.4 Å². The first-order chi connectivity index (χ1) is 13.8. The van der Waals surface area contributed by atoms with Gasteiger partial charge in [0.2, 0.25) is 10.0 Å². The molecule has 2 aromatic carbocycles. The summed E-state index contributed by atoms with van der Waals surface area (Å²) in [4.78, 5) is 26.9. The van der Waals surface area contributed by atoms with E-state index in [0.717, 1.165) is 12.8 Å². The van der Waals surface area contributed by atoms with Crippen LogP contribution in [-0.4, -0.2) is 44.3 Å². The molecule has 8 heteroatoms. The lowest BCUT2D eigenvalue weighted by atomic mass is 10.1. The van der Waals surface area contributed by atoms with Gasteiger partial charge in [-0.3, -0.25) is 9.59 Å². The Bertz CT molecular complexity index is 1010. The average molecular weight is 416 g/mol. The molecule has 2 N–H and O–H groups in total. The number of rotatable bonds is 8. The summed E-state index contributed by atoms with van der Waals surface area (Å²) in [5.74, 6) is -0.550. The molecular formula is C21H25N3O4S. The summed E-state index contributed by atoms with van der Waals surface area (Å²) in [5.41, 5.74) is 1.18. The number of carbonyl (C=O) groups is 2. The average Bonchev–Trinajstić information content (AvgIpc) is 3.52. The Hall–Kier alpha value is -2.71. The van der Waals surface area contributed by atoms with Gasteiger partial charge in [0.25, 0.3) is 11.8 Å². The van der Waals surface area contributed by atoms with E-state index in [0.29, 0.717) is 24.3 Å². The summed E-state index contributed by atoms with van der Waals surface area (Å²) in [5, 5.41) is 2.74. The molecule has 0 saturated heterocycles.